The number of hydrogen-bond donors (Lipinski definition) is 5. The van der Waals surface area contributed by atoms with Crippen LogP contribution in [0.3, 0.4) is 0 Å². The van der Waals surface area contributed by atoms with Gasteiger partial charge >= 0.3 is 5.97 Å². The molecule has 0 aromatic rings. The highest BCUT2D eigenvalue weighted by Gasteiger charge is 2.54. The number of carbonyl (C=O) groups is 1. The van der Waals surface area contributed by atoms with E-state index in [1.165, 1.54) is 6.92 Å². The molecule has 14 heteroatoms. The number of methoxy groups -OCH3 is 1. The van der Waals surface area contributed by atoms with Crippen molar-refractivity contribution in [2.45, 2.75) is 205 Å². The topological polar surface area (TPSA) is 192 Å². The molecule has 3 aliphatic rings. The number of likely N-dealkylation sites (N-methyl/N-ethyl adjacent to an activating group) is 1. The van der Waals surface area contributed by atoms with E-state index in [1.807, 2.05) is 67.5 Å². The van der Waals surface area contributed by atoms with Crippen LogP contribution in [-0.4, -0.2) is 149 Å². The van der Waals surface area contributed by atoms with Gasteiger partial charge in [-0.25, -0.2) is 0 Å². The molecule has 318 valence electrons. The predicted octanol–water partition coefficient (Wildman–Crippen LogP) is 2.98. The molecule has 0 aromatic heterocycles. The lowest BCUT2D eigenvalue weighted by molar-refractivity contribution is -0.323. The van der Waals surface area contributed by atoms with Crippen molar-refractivity contribution in [3.8, 4) is 0 Å². The molecule has 3 fully saturated rings. The third kappa shape index (κ3) is 10.5. The van der Waals surface area contributed by atoms with Crippen molar-refractivity contribution in [1.29, 1.82) is 0 Å². The first kappa shape index (κ1) is 47.4. The number of aliphatic hydroxyl groups excluding tert-OH is 2. The van der Waals surface area contributed by atoms with E-state index in [9.17, 15) is 25.2 Å². The van der Waals surface area contributed by atoms with Crippen molar-refractivity contribution in [2.24, 2.45) is 29.4 Å². The highest BCUT2D eigenvalue weighted by Crippen LogP contribution is 2.41. The van der Waals surface area contributed by atoms with Gasteiger partial charge in [0.05, 0.1) is 53.7 Å². The summed E-state index contributed by atoms with van der Waals surface area (Å²) in [5, 5.41) is 47.4. The summed E-state index contributed by atoms with van der Waals surface area (Å²) in [6, 6.07) is -0.965. The molecule has 3 heterocycles. The van der Waals surface area contributed by atoms with Crippen LogP contribution in [0, 0.1) is 23.7 Å². The van der Waals surface area contributed by atoms with Crippen molar-refractivity contribution in [3.05, 3.63) is 0 Å². The minimum absolute atomic E-state index is 0.0876. The number of aliphatic hydroxyl groups is 4. The van der Waals surface area contributed by atoms with Crippen molar-refractivity contribution >= 4 is 5.97 Å². The summed E-state index contributed by atoms with van der Waals surface area (Å²) in [5.74, 6) is -3.47. The summed E-state index contributed by atoms with van der Waals surface area (Å²) in [4.78, 5) is 16.2. The average molecular weight is 777 g/mol. The van der Waals surface area contributed by atoms with Crippen LogP contribution in [0.5, 0.6) is 0 Å². The lowest BCUT2D eigenvalue weighted by Gasteiger charge is -2.50. The predicted molar refractivity (Wildman–Crippen MR) is 203 cm³/mol. The van der Waals surface area contributed by atoms with Crippen LogP contribution in [0.15, 0.2) is 0 Å². The van der Waals surface area contributed by atoms with Crippen molar-refractivity contribution in [3.63, 3.8) is 0 Å². The lowest BCUT2D eigenvalue weighted by atomic mass is 9.72. The third-order valence-electron chi connectivity index (χ3n) is 12.6. The number of cyclic esters (lactones) is 1. The van der Waals surface area contributed by atoms with Gasteiger partial charge in [0.25, 0.3) is 0 Å². The summed E-state index contributed by atoms with van der Waals surface area (Å²) in [6.07, 6.45) is -7.64. The second-order valence-corrected chi connectivity index (χ2v) is 18.0. The molecule has 14 nitrogen and oxygen atoms in total. The van der Waals surface area contributed by atoms with Crippen LogP contribution in [0.2, 0.25) is 0 Å². The molecule has 0 saturated carbocycles. The van der Waals surface area contributed by atoms with E-state index in [4.69, 9.17) is 38.9 Å². The SMILES string of the molecule is CC[C@H]1OC(=O)[C@H](C)[C@@H](O[C@H]2C[C@@](C)(OC)C(OC(C)C)[C@H](C)O2)[C@H](C)[C@@H](O[C@@H]2O[C@H](C)C[C@H](N(C)C)[C@H]2O)[C@](C)(O)C[C@@H](C)[C@H](N)[C@H](C)[C@@H](O)[C@]1(C)O. The van der Waals surface area contributed by atoms with Crippen LogP contribution >= 0.6 is 0 Å². The normalized spacial score (nSPS) is 49.1. The molecule has 0 bridgehead atoms. The molecule has 0 radical (unpaired) electrons. The molecule has 3 rings (SSSR count). The standard InChI is InChI=1S/C40H76N2O12/c1-16-28-40(12,47)33(44)23(6)30(41)21(4)18-38(10,46)34(54-37-31(43)27(42(13)14)17-22(5)50-37)24(7)32(25(8)36(45)52-28)53-29-19-39(11,48-15)35(26(9)51-29)49-20(2)3/h20-35,37,43-44,46-47H,16-19,41H2,1-15H3/t21-,22-,23+,24+,25-,26+,27+,28-,29+,30+,31-,32+,33-,34-,35?,37+,38-,39-,40-/m1/s1. The Labute approximate surface area is 324 Å². The summed E-state index contributed by atoms with van der Waals surface area (Å²) in [6.45, 7) is 21.6. The van der Waals surface area contributed by atoms with Gasteiger partial charge in [-0.3, -0.25) is 4.79 Å². The Bertz CT molecular complexity index is 1190. The zero-order valence-electron chi connectivity index (χ0n) is 35.7. The van der Waals surface area contributed by atoms with Crippen LogP contribution in [-0.2, 0) is 38.0 Å². The zero-order chi connectivity index (χ0) is 41.2. The van der Waals surface area contributed by atoms with Gasteiger partial charge in [0.1, 0.15) is 23.9 Å². The fraction of sp³-hybridized carbons (Fsp3) is 0.975. The number of ether oxygens (including phenoxy) is 7. The molecule has 0 spiro atoms. The van der Waals surface area contributed by atoms with Gasteiger partial charge in [-0.15, -0.1) is 0 Å². The Morgan fingerprint density at radius 3 is 2.09 bits per heavy atom. The number of carbonyl (C=O) groups excluding carboxylic acids is 1. The maximum atomic E-state index is 14.3. The van der Waals surface area contributed by atoms with Gasteiger partial charge in [-0.05, 0) is 94.7 Å². The van der Waals surface area contributed by atoms with E-state index < -0.39 is 108 Å². The minimum atomic E-state index is -1.84. The molecule has 0 aliphatic carbocycles. The first-order chi connectivity index (χ1) is 24.8. The Kier molecular flexibility index (Phi) is 16.4. The van der Waals surface area contributed by atoms with Crippen LogP contribution in [0.4, 0.5) is 0 Å². The molecule has 3 saturated heterocycles. The fourth-order valence-electron chi connectivity index (χ4n) is 9.16. The van der Waals surface area contributed by atoms with Crippen LogP contribution in [0.1, 0.15) is 109 Å². The van der Waals surface area contributed by atoms with E-state index >= 15 is 0 Å². The van der Waals surface area contributed by atoms with E-state index in [-0.39, 0.29) is 37.5 Å². The molecule has 3 aliphatic heterocycles. The number of hydrogen-bond acceptors (Lipinski definition) is 14. The Balaban J connectivity index is 2.18. The molecule has 19 atom stereocenters. The first-order valence-corrected chi connectivity index (χ1v) is 20.1. The maximum absolute atomic E-state index is 14.3. The van der Waals surface area contributed by atoms with Gasteiger partial charge < -0.3 is 64.2 Å². The molecule has 54 heavy (non-hydrogen) atoms. The molecule has 0 amide bonds. The number of rotatable bonds is 9. The minimum Gasteiger partial charge on any atom is -0.459 e. The van der Waals surface area contributed by atoms with Gasteiger partial charge in [0.15, 0.2) is 12.6 Å². The highest BCUT2D eigenvalue weighted by molar-refractivity contribution is 5.73. The van der Waals surface area contributed by atoms with Crippen molar-refractivity contribution in [2.75, 3.05) is 21.2 Å². The third-order valence-corrected chi connectivity index (χ3v) is 12.6. The highest BCUT2D eigenvalue weighted by atomic mass is 16.7. The van der Waals surface area contributed by atoms with Gasteiger partial charge in [-0.2, -0.15) is 0 Å². The Hall–Kier alpha value is -1.01. The molecule has 1 unspecified atom stereocenters. The lowest BCUT2D eigenvalue weighted by Crippen LogP contribution is -2.62. The number of nitrogens with zero attached hydrogens (tertiary/aromatic N) is 1. The summed E-state index contributed by atoms with van der Waals surface area (Å²) >= 11 is 0. The monoisotopic (exact) mass is 777 g/mol. The van der Waals surface area contributed by atoms with Crippen LogP contribution in [0.25, 0.3) is 0 Å². The van der Waals surface area contributed by atoms with Gasteiger partial charge in [0, 0.05) is 37.5 Å². The van der Waals surface area contributed by atoms with Crippen molar-refractivity contribution in [1.82, 2.24) is 4.90 Å². The summed E-state index contributed by atoms with van der Waals surface area (Å²) in [5.41, 5.74) is 2.48. The van der Waals surface area contributed by atoms with Gasteiger partial charge in [0.2, 0.25) is 0 Å². The van der Waals surface area contributed by atoms with E-state index in [0.717, 1.165) is 0 Å². The quantitative estimate of drug-likeness (QED) is 0.215. The number of nitrogens with two attached hydrogens (primary N) is 1. The van der Waals surface area contributed by atoms with Gasteiger partial charge in [-0.1, -0.05) is 27.7 Å². The molecule has 6 N–H and O–H groups in total. The average Bonchev–Trinajstić information content (AvgIpc) is 3.08. The zero-order valence-corrected chi connectivity index (χ0v) is 35.7. The summed E-state index contributed by atoms with van der Waals surface area (Å²) in [7, 11) is 5.39. The smallest absolute Gasteiger partial charge is 0.311 e. The number of esters is 1. The summed E-state index contributed by atoms with van der Waals surface area (Å²) < 4.78 is 44.6. The Morgan fingerprint density at radius 1 is 0.944 bits per heavy atom. The van der Waals surface area contributed by atoms with Crippen molar-refractivity contribution < 1.29 is 58.4 Å². The molecular formula is C40H76N2O12. The molecule has 0 aromatic carbocycles. The molecular weight excluding hydrogens is 700 g/mol. The van der Waals surface area contributed by atoms with E-state index in [1.54, 1.807) is 34.8 Å². The second kappa shape index (κ2) is 18.7. The van der Waals surface area contributed by atoms with E-state index in [2.05, 4.69) is 0 Å². The first-order valence-electron chi connectivity index (χ1n) is 20.1. The second-order valence-electron chi connectivity index (χ2n) is 18.0. The van der Waals surface area contributed by atoms with Crippen LogP contribution < -0.4 is 5.73 Å². The Morgan fingerprint density at radius 2 is 1.56 bits per heavy atom. The van der Waals surface area contributed by atoms with E-state index in [0.29, 0.717) is 6.42 Å². The fourth-order valence-corrected chi connectivity index (χ4v) is 9.16. The largest absolute Gasteiger partial charge is 0.459 e. The maximum Gasteiger partial charge on any atom is 0.311 e.